The third-order valence-corrected chi connectivity index (χ3v) is 9.40. The molecule has 0 amide bonds. The number of allylic oxidation sites excluding steroid dienone is 4. The van der Waals surface area contributed by atoms with Crippen molar-refractivity contribution in [1.82, 2.24) is 0 Å². The van der Waals surface area contributed by atoms with Crippen LogP contribution in [0.3, 0.4) is 0 Å². The van der Waals surface area contributed by atoms with Crippen molar-refractivity contribution in [2.45, 2.75) is 173 Å². The van der Waals surface area contributed by atoms with Gasteiger partial charge in [-0.2, -0.15) is 0 Å². The Morgan fingerprint density at radius 3 is 1.33 bits per heavy atom. The fourth-order valence-electron chi connectivity index (χ4n) is 5.73. The van der Waals surface area contributed by atoms with E-state index in [1.807, 2.05) is 0 Å². The van der Waals surface area contributed by atoms with Gasteiger partial charge in [-0.1, -0.05) is 147 Å². The molecule has 0 spiro atoms. The third kappa shape index (κ3) is 25.7. The smallest absolute Gasteiger partial charge is 0.744 e. The molecule has 0 radical (unpaired) electrons. The molecule has 0 fully saturated rings. The maximum absolute atomic E-state index is 12.9. The molecule has 0 atom stereocenters. The van der Waals surface area contributed by atoms with Gasteiger partial charge >= 0.3 is 63.3 Å². The molecule has 9 heteroatoms. The van der Waals surface area contributed by atoms with Crippen LogP contribution in [0.5, 0.6) is 0 Å². The summed E-state index contributed by atoms with van der Waals surface area (Å²) >= 11 is 0. The molecule has 0 N–H and O–H groups in total. The molecule has 0 unspecified atom stereocenters. The van der Waals surface area contributed by atoms with Crippen LogP contribution in [0, 0.1) is 0 Å². The fourth-order valence-corrected chi connectivity index (χ4v) is 6.41. The quantitative estimate of drug-likeness (QED) is 0.0248. The molecule has 0 aliphatic heterocycles. The second-order valence-corrected chi connectivity index (χ2v) is 14.2. The maximum Gasteiger partial charge on any atom is 1.00 e. The summed E-state index contributed by atoms with van der Waals surface area (Å²) in [7, 11) is -5.01. The van der Waals surface area contributed by atoms with Gasteiger partial charge in [-0.3, -0.25) is 0 Å². The summed E-state index contributed by atoms with van der Waals surface area (Å²) in [6.45, 7) is 4.56. The van der Waals surface area contributed by atoms with E-state index in [1.54, 1.807) is 0 Å². The Balaban J connectivity index is 0.0000230. The second kappa shape index (κ2) is 33.1. The van der Waals surface area contributed by atoms with Crippen molar-refractivity contribution in [1.29, 1.82) is 0 Å². The van der Waals surface area contributed by atoms with Gasteiger partial charge in [0.2, 0.25) is 0 Å². The SMILES string of the molecule is CC/C=C/CCCCCCCCCCCCOC(=O)c1cccc(S(=O)(=O)[O-])c1C(=O)OCCCCCCCCCCCC/C=C/CC.[K+]. The van der Waals surface area contributed by atoms with E-state index in [1.165, 1.54) is 102 Å². The van der Waals surface area contributed by atoms with Crippen LogP contribution in [0.1, 0.15) is 189 Å². The van der Waals surface area contributed by atoms with E-state index in [0.29, 0.717) is 12.8 Å². The average molecular weight is 729 g/mol. The minimum absolute atomic E-state index is 0. The Kier molecular flexibility index (Phi) is 32.5. The van der Waals surface area contributed by atoms with Crippen molar-refractivity contribution >= 4 is 22.1 Å². The molecule has 0 saturated carbocycles. The van der Waals surface area contributed by atoms with E-state index >= 15 is 0 Å². The number of rotatable bonds is 31. The van der Waals surface area contributed by atoms with Crippen molar-refractivity contribution in [2.75, 3.05) is 13.2 Å². The molecule has 0 aliphatic carbocycles. The van der Waals surface area contributed by atoms with E-state index in [4.69, 9.17) is 9.47 Å². The largest absolute Gasteiger partial charge is 1.00 e. The molecule has 0 aromatic heterocycles. The minimum atomic E-state index is -5.01. The molecule has 274 valence electrons. The molecule has 0 saturated heterocycles. The Labute approximate surface area is 342 Å². The number of carbonyl (C=O) groups excluding carboxylic acids is 2. The van der Waals surface area contributed by atoms with Gasteiger partial charge in [0.1, 0.15) is 10.1 Å². The predicted octanol–water partition coefficient (Wildman–Crippen LogP) is 8.42. The average Bonchev–Trinajstić information content (AvgIpc) is 3.07. The zero-order chi connectivity index (χ0) is 35.1. The third-order valence-electron chi connectivity index (χ3n) is 8.52. The van der Waals surface area contributed by atoms with E-state index in [0.717, 1.165) is 57.4 Å². The normalized spacial score (nSPS) is 11.7. The van der Waals surface area contributed by atoms with E-state index in [-0.39, 0.29) is 70.2 Å². The van der Waals surface area contributed by atoms with Crippen molar-refractivity contribution in [2.24, 2.45) is 0 Å². The zero-order valence-corrected chi connectivity index (χ0v) is 35.1. The van der Waals surface area contributed by atoms with Crippen LogP contribution in [0.25, 0.3) is 0 Å². The molecule has 0 heterocycles. The van der Waals surface area contributed by atoms with Gasteiger partial charge < -0.3 is 14.0 Å². The van der Waals surface area contributed by atoms with Crippen LogP contribution in [0.15, 0.2) is 47.4 Å². The summed E-state index contributed by atoms with van der Waals surface area (Å²) in [4.78, 5) is 25.1. The molecule has 1 aromatic carbocycles. The standard InChI is InChI=1S/C40H66O7S.K/c1-3-5-7-9-11-13-15-17-19-21-23-25-27-29-34-46-39(41)36-32-31-33-37(48(43,44)45)38(36)40(42)47-35-30-28-26-24-22-20-18-16-14-12-10-8-6-4-2;/h5-8,31-33H,3-4,9-30,34-35H2,1-2H3,(H,43,44,45);/q;+1/p-1/b7-5+,8-6+;. The summed E-state index contributed by atoms with van der Waals surface area (Å²) in [5, 5.41) is 0. The Bertz CT molecular complexity index is 1150. The van der Waals surface area contributed by atoms with Gasteiger partial charge in [0, 0.05) is 0 Å². The summed E-state index contributed by atoms with van der Waals surface area (Å²) in [5.41, 5.74) is -0.785. The van der Waals surface area contributed by atoms with Crippen LogP contribution in [-0.2, 0) is 19.6 Å². The van der Waals surface area contributed by atoms with Crippen molar-refractivity contribution in [3.63, 3.8) is 0 Å². The van der Waals surface area contributed by atoms with Crippen LogP contribution in [0.2, 0.25) is 0 Å². The van der Waals surface area contributed by atoms with Crippen LogP contribution < -0.4 is 51.4 Å². The number of hydrogen-bond acceptors (Lipinski definition) is 7. The van der Waals surface area contributed by atoms with Gasteiger partial charge in [0.15, 0.2) is 0 Å². The zero-order valence-electron chi connectivity index (χ0n) is 31.2. The first-order valence-corrected chi connectivity index (χ1v) is 20.5. The van der Waals surface area contributed by atoms with Crippen molar-refractivity contribution in [3.8, 4) is 0 Å². The molecule has 0 aliphatic rings. The maximum atomic E-state index is 12.9. The molecule has 49 heavy (non-hydrogen) atoms. The van der Waals surface area contributed by atoms with E-state index in [9.17, 15) is 22.6 Å². The second-order valence-electron chi connectivity index (χ2n) is 12.8. The van der Waals surface area contributed by atoms with Gasteiger partial charge in [0.05, 0.1) is 29.2 Å². The first-order chi connectivity index (χ1) is 23.3. The topological polar surface area (TPSA) is 110 Å². The molecular weight excluding hydrogens is 664 g/mol. The number of benzene rings is 1. The molecule has 1 aromatic rings. The minimum Gasteiger partial charge on any atom is -0.744 e. The first kappa shape index (κ1) is 48.2. The molecule has 0 bridgehead atoms. The number of carbonyl (C=O) groups is 2. The number of unbranched alkanes of at least 4 members (excludes halogenated alkanes) is 20. The monoisotopic (exact) mass is 728 g/mol. The van der Waals surface area contributed by atoms with E-state index < -0.39 is 32.5 Å². The van der Waals surface area contributed by atoms with Gasteiger partial charge in [-0.05, 0) is 63.5 Å². The summed E-state index contributed by atoms with van der Waals surface area (Å²) < 4.78 is 46.5. The number of esters is 2. The van der Waals surface area contributed by atoms with Crippen LogP contribution >= 0.6 is 0 Å². The van der Waals surface area contributed by atoms with Crippen LogP contribution in [-0.4, -0.2) is 38.1 Å². The summed E-state index contributed by atoms with van der Waals surface area (Å²) in [5.74, 6) is -1.82. The van der Waals surface area contributed by atoms with Gasteiger partial charge in [-0.15, -0.1) is 0 Å². The molecular formula is C40H65KO7S. The molecule has 1 rings (SSSR count). The predicted molar refractivity (Wildman–Crippen MR) is 195 cm³/mol. The summed E-state index contributed by atoms with van der Waals surface area (Å²) in [6, 6.07) is 3.61. The van der Waals surface area contributed by atoms with Crippen molar-refractivity contribution < 1.29 is 83.4 Å². The van der Waals surface area contributed by atoms with Gasteiger partial charge in [0.25, 0.3) is 0 Å². The fraction of sp³-hybridized carbons (Fsp3) is 0.700. The number of hydrogen-bond donors (Lipinski definition) is 0. The Morgan fingerprint density at radius 2 is 0.939 bits per heavy atom. The van der Waals surface area contributed by atoms with Gasteiger partial charge in [-0.25, -0.2) is 18.0 Å². The summed E-state index contributed by atoms with van der Waals surface area (Å²) in [6.07, 6.45) is 36.1. The first-order valence-electron chi connectivity index (χ1n) is 19.1. The number of ether oxygens (including phenoxy) is 2. The Hall–Kier alpha value is -0.814. The van der Waals surface area contributed by atoms with Crippen LogP contribution in [0.4, 0.5) is 0 Å². The van der Waals surface area contributed by atoms with Crippen molar-refractivity contribution in [3.05, 3.63) is 53.6 Å². The Morgan fingerprint density at radius 1 is 0.571 bits per heavy atom. The molecule has 7 nitrogen and oxygen atoms in total. The van der Waals surface area contributed by atoms with E-state index in [2.05, 4.69) is 38.2 Å².